The maximum Gasteiger partial charge on any atom is 0.322 e. The van der Waals surface area contributed by atoms with Gasteiger partial charge in [0.2, 0.25) is 0 Å². The molecule has 0 amide bonds. The summed E-state index contributed by atoms with van der Waals surface area (Å²) in [5.41, 5.74) is 0.0580. The number of hydrogen-bond acceptors (Lipinski definition) is 4. The van der Waals surface area contributed by atoms with Gasteiger partial charge in [-0.15, -0.1) is 0 Å². The number of aliphatic carboxylic acids is 1. The Morgan fingerprint density at radius 1 is 1.44 bits per heavy atom. The van der Waals surface area contributed by atoms with Gasteiger partial charge in [-0.25, -0.2) is 4.98 Å². The van der Waals surface area contributed by atoms with E-state index in [-0.39, 0.29) is 10.7 Å². The zero-order valence-corrected chi connectivity index (χ0v) is 9.06. The lowest BCUT2D eigenvalue weighted by molar-refractivity contribution is -0.143. The monoisotopic (exact) mass is 241 g/mol. The zero-order chi connectivity index (χ0) is 12.3. The molecule has 1 N–H and O–H groups in total. The van der Waals surface area contributed by atoms with Crippen LogP contribution in [0.2, 0.25) is 5.15 Å². The van der Waals surface area contributed by atoms with Gasteiger partial charge in [0.25, 0.3) is 0 Å². The highest BCUT2D eigenvalue weighted by Crippen LogP contribution is 2.13. The molecule has 1 unspecified atom stereocenters. The number of carbonyl (C=O) groups is 3. The standard InChI is InChI=1S/C10H8ClNO4/c1-5(13)8(10(15)16)9(14)6-2-3-12-7(11)4-6/h2-4,8H,1H3,(H,15,16). The summed E-state index contributed by atoms with van der Waals surface area (Å²) in [4.78, 5) is 37.1. The van der Waals surface area contributed by atoms with Gasteiger partial charge in [0, 0.05) is 11.8 Å². The van der Waals surface area contributed by atoms with Crippen LogP contribution < -0.4 is 0 Å². The number of carbonyl (C=O) groups excluding carboxylic acids is 2. The molecule has 0 aliphatic carbocycles. The summed E-state index contributed by atoms with van der Waals surface area (Å²) in [5.74, 6) is -4.65. The molecule has 6 heteroatoms. The molecule has 0 fully saturated rings. The first kappa shape index (κ1) is 12.3. The molecule has 5 nitrogen and oxygen atoms in total. The molecule has 1 aromatic rings. The van der Waals surface area contributed by atoms with Crippen molar-refractivity contribution in [1.29, 1.82) is 0 Å². The first-order valence-corrected chi connectivity index (χ1v) is 4.70. The summed E-state index contributed by atoms with van der Waals surface area (Å²) in [6.45, 7) is 1.06. The molecular weight excluding hydrogens is 234 g/mol. The van der Waals surface area contributed by atoms with E-state index in [1.54, 1.807) is 0 Å². The number of halogens is 1. The van der Waals surface area contributed by atoms with Crippen LogP contribution in [0.25, 0.3) is 0 Å². The van der Waals surface area contributed by atoms with E-state index in [9.17, 15) is 14.4 Å². The maximum atomic E-state index is 11.7. The molecule has 0 aliphatic rings. The maximum absolute atomic E-state index is 11.7. The fourth-order valence-electron chi connectivity index (χ4n) is 1.19. The lowest BCUT2D eigenvalue weighted by atomic mass is 9.95. The van der Waals surface area contributed by atoms with Gasteiger partial charge in [-0.1, -0.05) is 11.6 Å². The number of Topliss-reactive ketones (excluding diaryl/α,β-unsaturated/α-hetero) is 2. The van der Waals surface area contributed by atoms with Crippen LogP contribution in [-0.2, 0) is 9.59 Å². The lowest BCUT2D eigenvalue weighted by Crippen LogP contribution is -2.30. The molecule has 0 saturated carbocycles. The first-order valence-electron chi connectivity index (χ1n) is 4.32. The Balaban J connectivity index is 3.09. The largest absolute Gasteiger partial charge is 0.480 e. The van der Waals surface area contributed by atoms with E-state index in [1.165, 1.54) is 18.3 Å². The normalized spacial score (nSPS) is 11.9. The SMILES string of the molecule is CC(=O)C(C(=O)O)C(=O)c1ccnc(Cl)c1. The second kappa shape index (κ2) is 4.85. The Kier molecular flexibility index (Phi) is 3.73. The second-order valence-electron chi connectivity index (χ2n) is 3.11. The molecule has 84 valence electrons. The Morgan fingerprint density at radius 2 is 2.06 bits per heavy atom. The molecule has 0 spiro atoms. The third-order valence-corrected chi connectivity index (χ3v) is 2.13. The van der Waals surface area contributed by atoms with Crippen molar-refractivity contribution in [2.75, 3.05) is 0 Å². The van der Waals surface area contributed by atoms with Gasteiger partial charge in [-0.2, -0.15) is 0 Å². The van der Waals surface area contributed by atoms with Crippen LogP contribution in [-0.4, -0.2) is 27.6 Å². The molecule has 1 aromatic heterocycles. The summed E-state index contributed by atoms with van der Waals surface area (Å²) >= 11 is 5.56. The van der Waals surface area contributed by atoms with Gasteiger partial charge in [0.1, 0.15) is 5.15 Å². The average Bonchev–Trinajstić information content (AvgIpc) is 2.16. The highest BCUT2D eigenvalue weighted by atomic mass is 35.5. The second-order valence-corrected chi connectivity index (χ2v) is 3.50. The number of aromatic nitrogens is 1. The van der Waals surface area contributed by atoms with Crippen LogP contribution in [0.3, 0.4) is 0 Å². The van der Waals surface area contributed by atoms with Crippen LogP contribution in [0, 0.1) is 5.92 Å². The lowest BCUT2D eigenvalue weighted by Gasteiger charge is -2.07. The zero-order valence-electron chi connectivity index (χ0n) is 8.31. The molecule has 1 atom stereocenters. The molecule has 0 aliphatic heterocycles. The van der Waals surface area contributed by atoms with Crippen molar-refractivity contribution in [2.45, 2.75) is 6.92 Å². The minimum atomic E-state index is -1.68. The minimum absolute atomic E-state index is 0.0580. The summed E-state index contributed by atoms with van der Waals surface area (Å²) in [7, 11) is 0. The van der Waals surface area contributed by atoms with E-state index in [0.717, 1.165) is 6.92 Å². The number of rotatable bonds is 4. The number of pyridine rings is 1. The summed E-state index contributed by atoms with van der Waals surface area (Å²) in [6.07, 6.45) is 1.27. The minimum Gasteiger partial charge on any atom is -0.480 e. The molecule has 0 saturated heterocycles. The molecule has 0 aromatic carbocycles. The van der Waals surface area contributed by atoms with E-state index in [1.807, 2.05) is 0 Å². The van der Waals surface area contributed by atoms with Crippen LogP contribution in [0.4, 0.5) is 0 Å². The number of nitrogens with zero attached hydrogens (tertiary/aromatic N) is 1. The highest BCUT2D eigenvalue weighted by Gasteiger charge is 2.31. The predicted molar refractivity (Wildman–Crippen MR) is 55.4 cm³/mol. The molecule has 1 rings (SSSR count). The van der Waals surface area contributed by atoms with Crippen molar-refractivity contribution in [3.63, 3.8) is 0 Å². The Morgan fingerprint density at radius 3 is 2.50 bits per heavy atom. The molecule has 0 bridgehead atoms. The van der Waals surface area contributed by atoms with Gasteiger partial charge < -0.3 is 5.11 Å². The summed E-state index contributed by atoms with van der Waals surface area (Å²) in [5, 5.41) is 8.82. The van der Waals surface area contributed by atoms with Crippen molar-refractivity contribution in [3.05, 3.63) is 29.0 Å². The Labute approximate surface area is 96.1 Å². The van der Waals surface area contributed by atoms with E-state index in [2.05, 4.69) is 4.98 Å². The quantitative estimate of drug-likeness (QED) is 0.487. The number of ketones is 2. The predicted octanol–water partition coefficient (Wildman–Crippen LogP) is 1.21. The van der Waals surface area contributed by atoms with Crippen molar-refractivity contribution in [1.82, 2.24) is 4.98 Å². The smallest absolute Gasteiger partial charge is 0.322 e. The summed E-state index contributed by atoms with van der Waals surface area (Å²) in [6, 6.07) is 2.54. The summed E-state index contributed by atoms with van der Waals surface area (Å²) < 4.78 is 0. The van der Waals surface area contributed by atoms with Crippen LogP contribution >= 0.6 is 11.6 Å². The van der Waals surface area contributed by atoms with Crippen molar-refractivity contribution in [2.24, 2.45) is 5.92 Å². The van der Waals surface area contributed by atoms with Crippen LogP contribution in [0.5, 0.6) is 0 Å². The van der Waals surface area contributed by atoms with Crippen molar-refractivity contribution >= 4 is 29.1 Å². The number of carboxylic acids is 1. The van der Waals surface area contributed by atoms with Crippen molar-refractivity contribution in [3.8, 4) is 0 Å². The average molecular weight is 242 g/mol. The molecule has 0 radical (unpaired) electrons. The van der Waals surface area contributed by atoms with Gasteiger partial charge in [-0.3, -0.25) is 14.4 Å². The van der Waals surface area contributed by atoms with Gasteiger partial charge in [-0.05, 0) is 19.1 Å². The van der Waals surface area contributed by atoms with Gasteiger partial charge in [0.05, 0.1) is 0 Å². The first-order chi connectivity index (χ1) is 7.43. The fourth-order valence-corrected chi connectivity index (χ4v) is 1.37. The van der Waals surface area contributed by atoms with E-state index < -0.39 is 23.5 Å². The topological polar surface area (TPSA) is 84.3 Å². The third kappa shape index (κ3) is 2.64. The van der Waals surface area contributed by atoms with E-state index >= 15 is 0 Å². The van der Waals surface area contributed by atoms with E-state index in [4.69, 9.17) is 16.7 Å². The fraction of sp³-hybridized carbons (Fsp3) is 0.200. The molecular formula is C10H8ClNO4. The number of carboxylic acid groups (broad SMARTS) is 1. The van der Waals surface area contributed by atoms with Gasteiger partial charge in [0.15, 0.2) is 17.5 Å². The van der Waals surface area contributed by atoms with Crippen LogP contribution in [0.15, 0.2) is 18.3 Å². The van der Waals surface area contributed by atoms with Crippen molar-refractivity contribution < 1.29 is 19.5 Å². The van der Waals surface area contributed by atoms with Gasteiger partial charge >= 0.3 is 5.97 Å². The molecule has 1 heterocycles. The van der Waals surface area contributed by atoms with E-state index in [0.29, 0.717) is 0 Å². The third-order valence-electron chi connectivity index (χ3n) is 1.93. The van der Waals surface area contributed by atoms with Crippen LogP contribution in [0.1, 0.15) is 17.3 Å². The number of hydrogen-bond donors (Lipinski definition) is 1. The highest BCUT2D eigenvalue weighted by molar-refractivity contribution is 6.30. The molecule has 16 heavy (non-hydrogen) atoms. The Hall–Kier alpha value is -1.75. The Bertz CT molecular complexity index is 444.